The summed E-state index contributed by atoms with van der Waals surface area (Å²) in [6.45, 7) is 46.3. The number of sulfone groups is 2. The van der Waals surface area contributed by atoms with E-state index in [-0.39, 0.29) is 99.7 Å². The first kappa shape index (κ1) is 101. The maximum absolute atomic E-state index is 13.6. The van der Waals surface area contributed by atoms with Crippen LogP contribution in [0.1, 0.15) is 311 Å². The molecule has 1 N–H and O–H groups in total. The first-order valence-electron chi connectivity index (χ1n) is 45.8. The first-order valence-corrected chi connectivity index (χ1v) is 52.7. The molecule has 16 rings (SSSR count). The second-order valence-corrected chi connectivity index (χ2v) is 54.1. The SMILES string of the molecule is CC(C)(C)OC(=O)N1CCC2(CC1)CC(O)C2.CC(C)(C)OC(=O)N1CCC2(CC1)CC(OS(C)(=O)=O)C2.CC(C)(C)OC(=O)N1CCC2(CC1)CC(S(=O)(=O)c1c(Cl)ccc3nc(C(C)(C)C)oc13)C2.CC(C)(C)OC(=O)N1CCC2(CC1)CC(Sc1c(Cl)ccc3nc(C(C)(C)C)oc13)C2.CC(C)(C)c1nc2ccc(Cl)c(S(=O)(=O)C3CC4(CCCCC4)C3)c2o1. The number of nitrogens with zero attached hydrogens (tertiary/aromatic N) is 7. The van der Waals surface area contributed by atoms with Gasteiger partial charge in [-0.2, -0.15) is 8.42 Å². The van der Waals surface area contributed by atoms with Crippen LogP contribution in [0.4, 0.5) is 19.2 Å². The zero-order chi connectivity index (χ0) is 94.3. The van der Waals surface area contributed by atoms with E-state index in [1.54, 1.807) is 39.0 Å². The van der Waals surface area contributed by atoms with Crippen LogP contribution < -0.4 is 0 Å². The Morgan fingerprint density at radius 2 is 0.664 bits per heavy atom. The number of benzene rings is 3. The fourth-order valence-corrected chi connectivity index (χ4v) is 27.6. The summed E-state index contributed by atoms with van der Waals surface area (Å²) in [5.74, 6) is 1.76. The van der Waals surface area contributed by atoms with E-state index in [0.29, 0.717) is 83.5 Å². The van der Waals surface area contributed by atoms with Crippen molar-refractivity contribution in [1.29, 1.82) is 0 Å². The second-order valence-electron chi connectivity index (χ2n) is 45.6. The van der Waals surface area contributed by atoms with Gasteiger partial charge in [0.1, 0.15) is 48.7 Å². The van der Waals surface area contributed by atoms with E-state index in [1.807, 2.05) is 153 Å². The summed E-state index contributed by atoms with van der Waals surface area (Å²) in [6.07, 6.45) is 21.5. The number of carbonyl (C=O) groups excluding carboxylic acids is 4. The molecule has 714 valence electrons. The molecular formula is C95H140Cl3N7O19S4. The Hall–Kier alpha value is -5.86. The predicted octanol–water partition coefficient (Wildman–Crippen LogP) is 22.7. The summed E-state index contributed by atoms with van der Waals surface area (Å²) in [4.78, 5) is 70.5. The average molecular weight is 1920 g/mol. The monoisotopic (exact) mass is 1920 g/mol. The fraction of sp³-hybridized carbons (Fsp3) is 0.737. The van der Waals surface area contributed by atoms with Crippen molar-refractivity contribution in [2.45, 2.75) is 374 Å². The van der Waals surface area contributed by atoms with Gasteiger partial charge in [-0.15, -0.1) is 11.8 Å². The average Bonchev–Trinajstić information content (AvgIpc) is 1.05. The highest BCUT2D eigenvalue weighted by Gasteiger charge is 2.56. The van der Waals surface area contributed by atoms with E-state index in [4.69, 9.17) is 71.2 Å². The minimum Gasteiger partial charge on any atom is -0.444 e. The number of rotatable bonds is 8. The van der Waals surface area contributed by atoms with Crippen molar-refractivity contribution in [2.75, 3.05) is 58.6 Å². The third kappa shape index (κ3) is 24.4. The highest BCUT2D eigenvalue weighted by atomic mass is 35.5. The largest absolute Gasteiger partial charge is 0.444 e. The third-order valence-electron chi connectivity index (χ3n) is 26.8. The van der Waals surface area contributed by atoms with E-state index >= 15 is 0 Å². The summed E-state index contributed by atoms with van der Waals surface area (Å²) in [7, 11) is -10.6. The molecule has 5 spiro atoms. The number of piperidine rings is 4. The molecule has 10 fully saturated rings. The summed E-state index contributed by atoms with van der Waals surface area (Å²) in [5, 5.41) is 10.2. The topological polar surface area (TPSA) is 328 Å². The predicted molar refractivity (Wildman–Crippen MR) is 500 cm³/mol. The zero-order valence-electron chi connectivity index (χ0n) is 79.5. The van der Waals surface area contributed by atoms with Gasteiger partial charge in [0.25, 0.3) is 10.1 Å². The number of aliphatic hydroxyl groups excluding tert-OH is 1. The standard InChI is InChI=1S/C24H33ClN2O5S.C24H33ClN2O3S.C20H26ClNO3S.C14H25NO5S.C13H23NO3/c1-22(2,3)20-26-17-8-7-16(25)19(18(17)31-20)33(29,30)15-13-24(14-15)9-11-27(12-10-24)21(28)32-23(4,5)6;1-22(2,3)20-26-17-8-7-16(25)19(18(17)29-20)31-15-13-24(14-15)9-11-27(12-10-24)21(28)30-23(4,5)6;1-19(2,3)18-22-15-8-7-14(21)17(16(15)25-18)26(23,24)13-11-20(12-13)9-5-4-6-10-20;1-13(2,3)19-12(16)15-7-5-14(6-8-15)9-11(10-14)20-21(4,17)18;1-12(2,3)17-11(16)14-6-4-13(5-7-14)8-10(15)9-13/h7-8,15H,9-14H2,1-6H3;7-8,15H,9-14H2,1-6H3;7-8,13H,4-6,9-12H2,1-3H3;11H,5-10H2,1-4H3;10,15H,4-9H2,1-3H3. The van der Waals surface area contributed by atoms with E-state index in [1.165, 1.54) is 19.3 Å². The van der Waals surface area contributed by atoms with Crippen LogP contribution >= 0.6 is 46.6 Å². The van der Waals surface area contributed by atoms with Crippen LogP contribution in [0.15, 0.2) is 64.3 Å². The van der Waals surface area contributed by atoms with Crippen LogP contribution in [-0.4, -0.2) is 198 Å². The molecule has 26 nitrogen and oxygen atoms in total. The van der Waals surface area contributed by atoms with Crippen molar-refractivity contribution in [3.05, 3.63) is 69.1 Å². The Morgan fingerprint density at radius 3 is 0.961 bits per heavy atom. The van der Waals surface area contributed by atoms with Gasteiger partial charge in [0.05, 0.1) is 48.9 Å². The molecule has 6 saturated carbocycles. The number of oxazole rings is 3. The van der Waals surface area contributed by atoms with Gasteiger partial charge in [0, 0.05) is 73.9 Å². The first-order chi connectivity index (χ1) is 58.9. The Bertz CT molecular complexity index is 5350. The Kier molecular flexibility index (Phi) is 29.3. The van der Waals surface area contributed by atoms with Gasteiger partial charge >= 0.3 is 24.4 Å². The minimum atomic E-state index is -3.69. The van der Waals surface area contributed by atoms with Crippen LogP contribution in [0.3, 0.4) is 0 Å². The maximum Gasteiger partial charge on any atom is 0.410 e. The number of carbonyl (C=O) groups is 4. The normalized spacial score (nSPS) is 21.6. The lowest BCUT2D eigenvalue weighted by Crippen LogP contribution is -2.53. The van der Waals surface area contributed by atoms with Crippen molar-refractivity contribution in [1.82, 2.24) is 34.6 Å². The summed E-state index contributed by atoms with van der Waals surface area (Å²) in [5.41, 5.74) is 1.63. The highest BCUT2D eigenvalue weighted by Crippen LogP contribution is 2.60. The lowest BCUT2D eigenvalue weighted by atomic mass is 9.60. The molecule has 128 heavy (non-hydrogen) atoms. The van der Waals surface area contributed by atoms with Gasteiger partial charge in [-0.05, 0) is 275 Å². The molecule has 7 heterocycles. The van der Waals surface area contributed by atoms with Gasteiger partial charge < -0.3 is 56.9 Å². The number of hydrogen-bond donors (Lipinski definition) is 1. The van der Waals surface area contributed by atoms with Gasteiger partial charge in [-0.1, -0.05) is 116 Å². The van der Waals surface area contributed by atoms with Crippen LogP contribution in [0.5, 0.6) is 0 Å². The van der Waals surface area contributed by atoms with Crippen LogP contribution in [-0.2, 0) is 69.2 Å². The van der Waals surface area contributed by atoms with Crippen LogP contribution in [0.25, 0.3) is 33.3 Å². The highest BCUT2D eigenvalue weighted by molar-refractivity contribution is 8.00. The fourth-order valence-electron chi connectivity index (χ4n) is 19.6. The Morgan fingerprint density at radius 1 is 0.391 bits per heavy atom. The minimum absolute atomic E-state index is 0.0516. The van der Waals surface area contributed by atoms with E-state index in [2.05, 4.69) is 35.7 Å². The van der Waals surface area contributed by atoms with Crippen molar-refractivity contribution in [3.63, 3.8) is 0 Å². The van der Waals surface area contributed by atoms with Gasteiger partial charge in [-0.3, -0.25) is 4.18 Å². The number of aliphatic hydroxyl groups is 1. The van der Waals surface area contributed by atoms with E-state index < -0.39 is 57.4 Å². The number of likely N-dealkylation sites (tertiary alicyclic amines) is 4. The molecule has 0 radical (unpaired) electrons. The molecule has 0 unspecified atom stereocenters. The summed E-state index contributed by atoms with van der Waals surface area (Å²) in [6, 6.07) is 10.5. The van der Waals surface area contributed by atoms with Gasteiger partial charge in [-0.25, -0.2) is 51.0 Å². The Labute approximate surface area is 778 Å². The lowest BCUT2D eigenvalue weighted by molar-refractivity contribution is -0.0695. The zero-order valence-corrected chi connectivity index (χ0v) is 85.0. The molecule has 4 aliphatic heterocycles. The summed E-state index contributed by atoms with van der Waals surface area (Å²) < 4.78 is 121. The van der Waals surface area contributed by atoms with E-state index in [0.717, 1.165) is 175 Å². The molecule has 6 aliphatic carbocycles. The number of ether oxygens (including phenoxy) is 4. The molecule has 3 aromatic carbocycles. The lowest BCUT2D eigenvalue weighted by Gasteiger charge is -2.52. The molecule has 10 aliphatic rings. The number of halogens is 3. The summed E-state index contributed by atoms with van der Waals surface area (Å²) >= 11 is 21.1. The molecule has 6 aromatic rings. The third-order valence-corrected chi connectivity index (χ3v) is 34.4. The van der Waals surface area contributed by atoms with Crippen molar-refractivity contribution in [2.24, 2.45) is 27.1 Å². The van der Waals surface area contributed by atoms with E-state index in [9.17, 15) is 49.5 Å². The number of fused-ring (bicyclic) bond motifs is 3. The molecular weight excluding hydrogens is 1780 g/mol. The molecule has 4 amide bonds. The smallest absolute Gasteiger partial charge is 0.410 e. The second kappa shape index (κ2) is 37.1. The van der Waals surface area contributed by atoms with Crippen LogP contribution in [0, 0.1) is 27.1 Å². The molecule has 4 saturated heterocycles. The molecule has 33 heteroatoms. The maximum atomic E-state index is 13.6. The number of hydrogen-bond acceptors (Lipinski definition) is 23. The number of amides is 4. The van der Waals surface area contributed by atoms with Crippen molar-refractivity contribution >= 4 is 134 Å². The quantitative estimate of drug-likeness (QED) is 0.109. The van der Waals surface area contributed by atoms with Gasteiger partial charge in [0.2, 0.25) is 17.7 Å². The Balaban J connectivity index is 0.000000148. The molecule has 0 bridgehead atoms. The van der Waals surface area contributed by atoms with Crippen LogP contribution in [0.2, 0.25) is 15.1 Å². The van der Waals surface area contributed by atoms with Crippen molar-refractivity contribution in [3.8, 4) is 0 Å². The molecule has 0 atom stereocenters. The van der Waals surface area contributed by atoms with Crippen molar-refractivity contribution < 1.29 is 85.9 Å². The number of thioether (sulfide) groups is 1. The number of aromatic nitrogens is 3. The molecule has 3 aromatic heterocycles. The van der Waals surface area contributed by atoms with Gasteiger partial charge in [0.15, 0.2) is 36.4 Å².